The van der Waals surface area contributed by atoms with Gasteiger partial charge in [0, 0.05) is 25.7 Å². The van der Waals surface area contributed by atoms with Gasteiger partial charge in [-0.15, -0.1) is 24.0 Å². The Morgan fingerprint density at radius 2 is 1.87 bits per heavy atom. The van der Waals surface area contributed by atoms with E-state index in [4.69, 9.17) is 14.2 Å². The van der Waals surface area contributed by atoms with Crippen LogP contribution in [0.3, 0.4) is 0 Å². The molecular formula is C23H31IN4O3. The van der Waals surface area contributed by atoms with Gasteiger partial charge in [0.25, 0.3) is 0 Å². The number of hydrogen-bond donors (Lipinski definition) is 2. The predicted molar refractivity (Wildman–Crippen MR) is 133 cm³/mol. The van der Waals surface area contributed by atoms with Gasteiger partial charge in [0.2, 0.25) is 6.79 Å². The van der Waals surface area contributed by atoms with E-state index in [0.29, 0.717) is 6.54 Å². The Balaban J connectivity index is 0.00000272. The van der Waals surface area contributed by atoms with Crippen LogP contribution in [-0.4, -0.2) is 51.4 Å². The third-order valence-corrected chi connectivity index (χ3v) is 5.66. The zero-order valence-corrected chi connectivity index (χ0v) is 20.4. The molecule has 0 bridgehead atoms. The van der Waals surface area contributed by atoms with E-state index in [2.05, 4.69) is 32.7 Å². The van der Waals surface area contributed by atoms with E-state index in [0.717, 1.165) is 48.4 Å². The monoisotopic (exact) mass is 538 g/mol. The van der Waals surface area contributed by atoms with Gasteiger partial charge in [-0.05, 0) is 49.7 Å². The lowest BCUT2D eigenvalue weighted by molar-refractivity contribution is 0.174. The third-order valence-electron chi connectivity index (χ3n) is 5.66. The number of benzene rings is 2. The van der Waals surface area contributed by atoms with Gasteiger partial charge < -0.3 is 24.8 Å². The first-order valence-electron chi connectivity index (χ1n) is 10.5. The minimum absolute atomic E-state index is 0. The number of aliphatic imine (C=N–C) groups is 1. The molecule has 8 heteroatoms. The van der Waals surface area contributed by atoms with Gasteiger partial charge in [-0.2, -0.15) is 0 Å². The molecule has 4 rings (SSSR count). The number of fused-ring (bicyclic) bond motifs is 1. The average molecular weight is 538 g/mol. The van der Waals surface area contributed by atoms with E-state index in [1.54, 1.807) is 14.2 Å². The molecule has 0 amide bonds. The van der Waals surface area contributed by atoms with Crippen LogP contribution in [0.4, 0.5) is 0 Å². The standard InChI is InChI=1S/C23H30N4O3.HI/c1-24-23(25-14-17-9-10-21-22(13-17)30-16-29-21)26-15-19(27-11-5-6-12-27)18-7-3-4-8-20(18)28-2;/h3-4,7-10,13,19H,5-6,11-12,14-16H2,1-2H3,(H2,24,25,26);1H. The number of nitrogens with one attached hydrogen (secondary N) is 2. The van der Waals surface area contributed by atoms with E-state index < -0.39 is 0 Å². The smallest absolute Gasteiger partial charge is 0.231 e. The van der Waals surface area contributed by atoms with Crippen molar-refractivity contribution in [3.8, 4) is 17.2 Å². The highest BCUT2D eigenvalue weighted by Crippen LogP contribution is 2.33. The van der Waals surface area contributed by atoms with Crippen LogP contribution in [0.25, 0.3) is 0 Å². The normalized spacial score (nSPS) is 16.5. The first-order chi connectivity index (χ1) is 14.8. The highest BCUT2D eigenvalue weighted by atomic mass is 127. The summed E-state index contributed by atoms with van der Waals surface area (Å²) in [7, 11) is 3.53. The lowest BCUT2D eigenvalue weighted by Gasteiger charge is -2.30. The summed E-state index contributed by atoms with van der Waals surface area (Å²) in [5.41, 5.74) is 2.32. The summed E-state index contributed by atoms with van der Waals surface area (Å²) in [6.07, 6.45) is 2.48. The Morgan fingerprint density at radius 1 is 1.10 bits per heavy atom. The molecule has 1 unspecified atom stereocenters. The van der Waals surface area contributed by atoms with Gasteiger partial charge in [-0.1, -0.05) is 24.3 Å². The summed E-state index contributed by atoms with van der Waals surface area (Å²) in [5.74, 6) is 3.29. The van der Waals surface area contributed by atoms with Crippen LogP contribution in [0, 0.1) is 0 Å². The van der Waals surface area contributed by atoms with Crippen LogP contribution in [0.5, 0.6) is 17.2 Å². The van der Waals surface area contributed by atoms with Crippen molar-refractivity contribution in [3.63, 3.8) is 0 Å². The Morgan fingerprint density at radius 3 is 2.65 bits per heavy atom. The van der Waals surface area contributed by atoms with Gasteiger partial charge in [0.15, 0.2) is 17.5 Å². The summed E-state index contributed by atoms with van der Waals surface area (Å²) in [6, 6.07) is 14.5. The molecule has 1 fully saturated rings. The fourth-order valence-electron chi connectivity index (χ4n) is 4.08. The number of ether oxygens (including phenoxy) is 3. The maximum absolute atomic E-state index is 5.64. The molecule has 0 saturated carbocycles. The number of rotatable bonds is 7. The number of hydrogen-bond acceptors (Lipinski definition) is 5. The van der Waals surface area contributed by atoms with Crippen molar-refractivity contribution in [1.29, 1.82) is 0 Å². The van der Waals surface area contributed by atoms with Crippen LogP contribution in [0.15, 0.2) is 47.5 Å². The zero-order chi connectivity index (χ0) is 20.8. The minimum atomic E-state index is 0. The maximum Gasteiger partial charge on any atom is 0.231 e. The molecule has 0 aromatic heterocycles. The molecule has 2 aliphatic heterocycles. The fraction of sp³-hybridized carbons (Fsp3) is 0.435. The van der Waals surface area contributed by atoms with Crippen LogP contribution in [0.2, 0.25) is 0 Å². The second-order valence-corrected chi connectivity index (χ2v) is 7.50. The second-order valence-electron chi connectivity index (χ2n) is 7.50. The number of guanidine groups is 1. The molecule has 168 valence electrons. The highest BCUT2D eigenvalue weighted by Gasteiger charge is 2.26. The molecule has 7 nitrogen and oxygen atoms in total. The molecule has 2 N–H and O–H groups in total. The predicted octanol–water partition coefficient (Wildman–Crippen LogP) is 3.54. The van der Waals surface area contributed by atoms with Gasteiger partial charge in [0.1, 0.15) is 5.75 Å². The van der Waals surface area contributed by atoms with Gasteiger partial charge in [-0.3, -0.25) is 9.89 Å². The number of likely N-dealkylation sites (tertiary alicyclic amines) is 1. The van der Waals surface area contributed by atoms with Crippen molar-refractivity contribution in [2.24, 2.45) is 4.99 Å². The Hall–Kier alpha value is -2.20. The number of halogens is 1. The Kier molecular flexibility index (Phi) is 8.65. The van der Waals surface area contributed by atoms with Crippen molar-refractivity contribution in [1.82, 2.24) is 15.5 Å². The molecule has 1 saturated heterocycles. The van der Waals surface area contributed by atoms with E-state index in [-0.39, 0.29) is 36.8 Å². The summed E-state index contributed by atoms with van der Waals surface area (Å²) >= 11 is 0. The van der Waals surface area contributed by atoms with Crippen molar-refractivity contribution >= 4 is 29.9 Å². The molecule has 2 aliphatic rings. The fourth-order valence-corrected chi connectivity index (χ4v) is 4.08. The van der Waals surface area contributed by atoms with Crippen LogP contribution in [0.1, 0.15) is 30.0 Å². The quantitative estimate of drug-likeness (QED) is 0.320. The van der Waals surface area contributed by atoms with E-state index in [1.165, 1.54) is 18.4 Å². The molecule has 2 heterocycles. The summed E-state index contributed by atoms with van der Waals surface area (Å²) in [4.78, 5) is 6.92. The van der Waals surface area contributed by atoms with Crippen molar-refractivity contribution in [2.75, 3.05) is 40.6 Å². The van der Waals surface area contributed by atoms with Crippen molar-refractivity contribution < 1.29 is 14.2 Å². The van der Waals surface area contributed by atoms with Gasteiger partial charge >= 0.3 is 0 Å². The molecule has 1 atom stereocenters. The SMILES string of the molecule is CN=C(NCc1ccc2c(c1)OCO2)NCC(c1ccccc1OC)N1CCCC1.I. The molecule has 31 heavy (non-hydrogen) atoms. The first kappa shape index (κ1) is 23.5. The van der Waals surface area contributed by atoms with Crippen LogP contribution in [-0.2, 0) is 6.54 Å². The van der Waals surface area contributed by atoms with Gasteiger partial charge in [0.05, 0.1) is 13.2 Å². The maximum atomic E-state index is 5.64. The third kappa shape index (κ3) is 5.74. The number of para-hydroxylation sites is 1. The second kappa shape index (κ2) is 11.4. The zero-order valence-electron chi connectivity index (χ0n) is 18.1. The van der Waals surface area contributed by atoms with Crippen molar-refractivity contribution in [3.05, 3.63) is 53.6 Å². The van der Waals surface area contributed by atoms with E-state index in [9.17, 15) is 0 Å². The number of nitrogens with zero attached hydrogens (tertiary/aromatic N) is 2. The Bertz CT molecular complexity index is 887. The first-order valence-corrected chi connectivity index (χ1v) is 10.5. The lowest BCUT2D eigenvalue weighted by atomic mass is 10.0. The summed E-state index contributed by atoms with van der Waals surface area (Å²) in [6.45, 7) is 3.90. The largest absolute Gasteiger partial charge is 0.496 e. The van der Waals surface area contributed by atoms with E-state index in [1.807, 2.05) is 30.3 Å². The molecule has 0 radical (unpaired) electrons. The molecule has 2 aromatic rings. The number of methoxy groups -OCH3 is 1. The molecule has 0 spiro atoms. The topological polar surface area (TPSA) is 67.4 Å². The Labute approximate surface area is 201 Å². The summed E-state index contributed by atoms with van der Waals surface area (Å²) in [5, 5.41) is 6.90. The summed E-state index contributed by atoms with van der Waals surface area (Å²) < 4.78 is 16.5. The van der Waals surface area contributed by atoms with Crippen LogP contribution < -0.4 is 24.8 Å². The lowest BCUT2D eigenvalue weighted by Crippen LogP contribution is -2.42. The molecule has 2 aromatic carbocycles. The van der Waals surface area contributed by atoms with Crippen LogP contribution >= 0.6 is 24.0 Å². The van der Waals surface area contributed by atoms with Crippen molar-refractivity contribution in [2.45, 2.75) is 25.4 Å². The van der Waals surface area contributed by atoms with E-state index >= 15 is 0 Å². The molecular weight excluding hydrogens is 507 g/mol. The van der Waals surface area contributed by atoms with Gasteiger partial charge in [-0.25, -0.2) is 0 Å². The minimum Gasteiger partial charge on any atom is -0.496 e. The molecule has 0 aliphatic carbocycles. The average Bonchev–Trinajstić information content (AvgIpc) is 3.48. The highest BCUT2D eigenvalue weighted by molar-refractivity contribution is 14.0.